The monoisotopic (exact) mass is 334 g/mol. The van der Waals surface area contributed by atoms with Crippen LogP contribution >= 0.6 is 0 Å². The molecule has 0 spiro atoms. The van der Waals surface area contributed by atoms with Gasteiger partial charge in [0.15, 0.2) is 0 Å². The van der Waals surface area contributed by atoms with Gasteiger partial charge in [-0.05, 0) is 44.5 Å². The number of benzene rings is 2. The standard InChI is InChI=1S/C16H18N2O4S/c1-10-4-5-16(11(2)6-10)23(21,22)18-17-12(3)13-7-14(19)9-15(20)8-13/h4-9,18-20H,1-3H3/b17-12+. The third-order valence-corrected chi connectivity index (χ3v) is 4.64. The number of hydrogen-bond acceptors (Lipinski definition) is 5. The number of nitrogens with one attached hydrogen (secondary N) is 1. The minimum Gasteiger partial charge on any atom is -0.508 e. The normalized spacial score (nSPS) is 12.2. The van der Waals surface area contributed by atoms with E-state index in [4.69, 9.17) is 0 Å². The predicted molar refractivity (Wildman–Crippen MR) is 88.2 cm³/mol. The van der Waals surface area contributed by atoms with Crippen LogP contribution in [-0.4, -0.2) is 24.3 Å². The van der Waals surface area contributed by atoms with Gasteiger partial charge in [-0.1, -0.05) is 17.7 Å². The van der Waals surface area contributed by atoms with Crippen molar-refractivity contribution in [1.29, 1.82) is 0 Å². The molecule has 0 radical (unpaired) electrons. The van der Waals surface area contributed by atoms with Crippen molar-refractivity contribution in [3.63, 3.8) is 0 Å². The summed E-state index contributed by atoms with van der Waals surface area (Å²) in [5, 5.41) is 22.8. The topological polar surface area (TPSA) is 99.0 Å². The molecule has 7 heteroatoms. The van der Waals surface area contributed by atoms with Crippen LogP contribution < -0.4 is 4.83 Å². The molecular weight excluding hydrogens is 316 g/mol. The third-order valence-electron chi connectivity index (χ3n) is 3.27. The molecule has 0 aliphatic carbocycles. The van der Waals surface area contributed by atoms with E-state index in [1.807, 2.05) is 6.92 Å². The fourth-order valence-corrected chi connectivity index (χ4v) is 3.23. The van der Waals surface area contributed by atoms with Gasteiger partial charge in [0.25, 0.3) is 10.0 Å². The molecule has 3 N–H and O–H groups in total. The van der Waals surface area contributed by atoms with Crippen LogP contribution in [0.1, 0.15) is 23.6 Å². The van der Waals surface area contributed by atoms with Crippen molar-refractivity contribution in [1.82, 2.24) is 4.83 Å². The summed E-state index contributed by atoms with van der Waals surface area (Å²) in [6.45, 7) is 5.16. The zero-order valence-corrected chi connectivity index (χ0v) is 13.8. The number of aryl methyl sites for hydroxylation is 2. The zero-order valence-electron chi connectivity index (χ0n) is 13.0. The minimum absolute atomic E-state index is 0.133. The lowest BCUT2D eigenvalue weighted by Crippen LogP contribution is -2.20. The van der Waals surface area contributed by atoms with Crippen LogP contribution in [0.5, 0.6) is 11.5 Å². The Balaban J connectivity index is 2.30. The summed E-state index contributed by atoms with van der Waals surface area (Å²) in [4.78, 5) is 2.32. The first-order valence-electron chi connectivity index (χ1n) is 6.86. The Labute approximate surface area is 135 Å². The Kier molecular flexibility index (Phi) is 4.60. The maximum Gasteiger partial charge on any atom is 0.276 e. The molecule has 2 aromatic carbocycles. The van der Waals surface area contributed by atoms with Crippen molar-refractivity contribution < 1.29 is 18.6 Å². The summed E-state index contributed by atoms with van der Waals surface area (Å²) < 4.78 is 24.6. The molecule has 2 aromatic rings. The van der Waals surface area contributed by atoms with Crippen molar-refractivity contribution in [2.75, 3.05) is 0 Å². The van der Waals surface area contributed by atoms with E-state index in [9.17, 15) is 18.6 Å². The van der Waals surface area contributed by atoms with E-state index in [2.05, 4.69) is 9.93 Å². The first-order chi connectivity index (χ1) is 10.7. The van der Waals surface area contributed by atoms with Gasteiger partial charge in [0.2, 0.25) is 0 Å². The van der Waals surface area contributed by atoms with Crippen LogP contribution in [0.15, 0.2) is 46.4 Å². The Morgan fingerprint density at radius 2 is 1.65 bits per heavy atom. The number of rotatable bonds is 4. The Hall–Kier alpha value is -2.54. The van der Waals surface area contributed by atoms with Crippen LogP contribution in [0.2, 0.25) is 0 Å². The molecule has 0 saturated carbocycles. The Morgan fingerprint density at radius 3 is 2.22 bits per heavy atom. The van der Waals surface area contributed by atoms with E-state index in [-0.39, 0.29) is 16.4 Å². The van der Waals surface area contributed by atoms with Gasteiger partial charge >= 0.3 is 0 Å². The van der Waals surface area contributed by atoms with Crippen molar-refractivity contribution in [2.24, 2.45) is 5.10 Å². The van der Waals surface area contributed by atoms with Crippen LogP contribution in [0.4, 0.5) is 0 Å². The van der Waals surface area contributed by atoms with Gasteiger partial charge in [-0.2, -0.15) is 18.4 Å². The highest BCUT2D eigenvalue weighted by Crippen LogP contribution is 2.21. The largest absolute Gasteiger partial charge is 0.508 e. The van der Waals surface area contributed by atoms with Crippen LogP contribution in [0.3, 0.4) is 0 Å². The molecule has 122 valence electrons. The summed E-state index contributed by atoms with van der Waals surface area (Å²) in [7, 11) is -3.79. The molecular formula is C16H18N2O4S. The first-order valence-corrected chi connectivity index (χ1v) is 8.34. The molecule has 0 unspecified atom stereocenters. The molecule has 23 heavy (non-hydrogen) atoms. The fourth-order valence-electron chi connectivity index (χ4n) is 2.15. The smallest absolute Gasteiger partial charge is 0.276 e. The number of hydrogen-bond donors (Lipinski definition) is 3. The lowest BCUT2D eigenvalue weighted by Gasteiger charge is -2.09. The van der Waals surface area contributed by atoms with Gasteiger partial charge in [-0.3, -0.25) is 0 Å². The van der Waals surface area contributed by atoms with Gasteiger partial charge in [0.05, 0.1) is 10.6 Å². The maximum absolute atomic E-state index is 12.3. The second-order valence-electron chi connectivity index (χ2n) is 5.30. The van der Waals surface area contributed by atoms with Gasteiger partial charge < -0.3 is 10.2 Å². The predicted octanol–water partition coefficient (Wildman–Crippen LogP) is 2.42. The molecule has 0 amide bonds. The first kappa shape index (κ1) is 16.8. The lowest BCUT2D eigenvalue weighted by molar-refractivity contribution is 0.450. The quantitative estimate of drug-likeness (QED) is 0.590. The third kappa shape index (κ3) is 4.01. The number of aromatic hydroxyl groups is 2. The van der Waals surface area contributed by atoms with Gasteiger partial charge in [-0.25, -0.2) is 0 Å². The van der Waals surface area contributed by atoms with E-state index in [1.165, 1.54) is 24.3 Å². The van der Waals surface area contributed by atoms with Crippen molar-refractivity contribution in [2.45, 2.75) is 25.7 Å². The molecule has 0 aliphatic rings. The second kappa shape index (κ2) is 6.29. The van der Waals surface area contributed by atoms with Crippen LogP contribution in [0.25, 0.3) is 0 Å². The van der Waals surface area contributed by atoms with Gasteiger partial charge in [0, 0.05) is 11.6 Å². The summed E-state index contributed by atoms with van der Waals surface area (Å²) in [6, 6.07) is 8.95. The van der Waals surface area contributed by atoms with Crippen molar-refractivity contribution >= 4 is 15.7 Å². The van der Waals surface area contributed by atoms with Gasteiger partial charge in [-0.15, -0.1) is 0 Å². The number of phenols is 2. The molecule has 0 atom stereocenters. The Morgan fingerprint density at radius 1 is 1.04 bits per heavy atom. The maximum atomic E-state index is 12.3. The molecule has 0 aromatic heterocycles. The second-order valence-corrected chi connectivity index (χ2v) is 6.93. The van der Waals surface area contributed by atoms with E-state index < -0.39 is 10.0 Å². The molecule has 0 saturated heterocycles. The highest BCUT2D eigenvalue weighted by molar-refractivity contribution is 7.89. The number of hydrazone groups is 1. The molecule has 2 rings (SSSR count). The van der Waals surface area contributed by atoms with E-state index in [0.29, 0.717) is 16.8 Å². The fraction of sp³-hybridized carbons (Fsp3) is 0.188. The summed E-state index contributed by atoms with van der Waals surface area (Å²) in [5.41, 5.74) is 2.31. The summed E-state index contributed by atoms with van der Waals surface area (Å²) in [6.07, 6.45) is 0. The van der Waals surface area contributed by atoms with E-state index >= 15 is 0 Å². The molecule has 0 heterocycles. The number of sulfonamides is 1. The Bertz CT molecular complexity index is 853. The van der Waals surface area contributed by atoms with Crippen molar-refractivity contribution in [3.05, 3.63) is 53.1 Å². The SMILES string of the molecule is C/C(=N\NS(=O)(=O)c1ccc(C)cc1C)c1cc(O)cc(O)c1. The van der Waals surface area contributed by atoms with E-state index in [0.717, 1.165) is 5.56 Å². The van der Waals surface area contributed by atoms with Crippen LogP contribution in [0, 0.1) is 13.8 Å². The summed E-state index contributed by atoms with van der Waals surface area (Å²) in [5.74, 6) is -0.265. The highest BCUT2D eigenvalue weighted by atomic mass is 32.2. The summed E-state index contributed by atoms with van der Waals surface area (Å²) >= 11 is 0. The minimum atomic E-state index is -3.79. The van der Waals surface area contributed by atoms with E-state index in [1.54, 1.807) is 26.0 Å². The molecule has 0 bridgehead atoms. The van der Waals surface area contributed by atoms with Crippen LogP contribution in [-0.2, 0) is 10.0 Å². The highest BCUT2D eigenvalue weighted by Gasteiger charge is 2.16. The molecule has 0 fully saturated rings. The average molecular weight is 334 g/mol. The van der Waals surface area contributed by atoms with Crippen molar-refractivity contribution in [3.8, 4) is 11.5 Å². The van der Waals surface area contributed by atoms with Gasteiger partial charge in [0.1, 0.15) is 11.5 Å². The lowest BCUT2D eigenvalue weighted by atomic mass is 10.1. The number of phenolic OH excluding ortho intramolecular Hbond substituents is 2. The molecule has 6 nitrogen and oxygen atoms in total. The zero-order chi connectivity index (χ0) is 17.2. The number of nitrogens with zero attached hydrogens (tertiary/aromatic N) is 1. The molecule has 0 aliphatic heterocycles. The average Bonchev–Trinajstić information content (AvgIpc) is 2.43.